The molecule has 4 nitrogen and oxygen atoms in total. The summed E-state index contributed by atoms with van der Waals surface area (Å²) in [6, 6.07) is 9.56. The minimum Gasteiger partial charge on any atom is -0.379 e. The molecule has 0 fully saturated rings. The molecule has 1 heterocycles. The Labute approximate surface area is 126 Å². The Morgan fingerprint density at radius 2 is 2.10 bits per heavy atom. The summed E-state index contributed by atoms with van der Waals surface area (Å²) in [5.74, 6) is -0.0760. The fourth-order valence-electron chi connectivity index (χ4n) is 1.90. The minimum atomic E-state index is -0.0760. The molecule has 0 saturated heterocycles. The monoisotopic (exact) mass is 333 g/mol. The van der Waals surface area contributed by atoms with Crippen molar-refractivity contribution in [3.63, 3.8) is 0 Å². The maximum atomic E-state index is 11.7. The van der Waals surface area contributed by atoms with Gasteiger partial charge in [-0.05, 0) is 52.7 Å². The molecule has 104 valence electrons. The SMILES string of the molecule is CNC(=O)c1cccc(NCc2ccc(Br)cn2)c1C. The molecule has 0 unspecified atom stereocenters. The van der Waals surface area contributed by atoms with Crippen molar-refractivity contribution in [2.75, 3.05) is 12.4 Å². The van der Waals surface area contributed by atoms with Crippen LogP contribution in [0, 0.1) is 6.92 Å². The van der Waals surface area contributed by atoms with Gasteiger partial charge in [-0.25, -0.2) is 0 Å². The number of rotatable bonds is 4. The molecule has 2 rings (SSSR count). The van der Waals surface area contributed by atoms with Gasteiger partial charge in [-0.3, -0.25) is 9.78 Å². The second-order valence-electron chi connectivity index (χ2n) is 4.38. The van der Waals surface area contributed by atoms with Crippen molar-refractivity contribution in [1.29, 1.82) is 0 Å². The highest BCUT2D eigenvalue weighted by Gasteiger charge is 2.09. The number of aromatic nitrogens is 1. The van der Waals surface area contributed by atoms with Crippen molar-refractivity contribution >= 4 is 27.5 Å². The summed E-state index contributed by atoms with van der Waals surface area (Å²) in [5, 5.41) is 5.96. The number of nitrogens with one attached hydrogen (secondary N) is 2. The number of benzene rings is 1. The Bertz CT molecular complexity index is 611. The van der Waals surface area contributed by atoms with Crippen LogP contribution in [0.2, 0.25) is 0 Å². The van der Waals surface area contributed by atoms with Gasteiger partial charge in [0, 0.05) is 29.0 Å². The molecule has 0 aliphatic heterocycles. The van der Waals surface area contributed by atoms with Gasteiger partial charge in [0.1, 0.15) is 0 Å². The molecule has 0 aliphatic carbocycles. The van der Waals surface area contributed by atoms with Gasteiger partial charge in [-0.2, -0.15) is 0 Å². The van der Waals surface area contributed by atoms with E-state index < -0.39 is 0 Å². The Balaban J connectivity index is 2.13. The highest BCUT2D eigenvalue weighted by Crippen LogP contribution is 2.19. The summed E-state index contributed by atoms with van der Waals surface area (Å²) in [5.41, 5.74) is 3.50. The quantitative estimate of drug-likeness (QED) is 0.903. The van der Waals surface area contributed by atoms with Crippen molar-refractivity contribution < 1.29 is 4.79 Å². The van der Waals surface area contributed by atoms with Crippen molar-refractivity contribution in [1.82, 2.24) is 10.3 Å². The van der Waals surface area contributed by atoms with E-state index >= 15 is 0 Å². The van der Waals surface area contributed by atoms with Crippen LogP contribution >= 0.6 is 15.9 Å². The first-order valence-electron chi connectivity index (χ1n) is 6.28. The largest absolute Gasteiger partial charge is 0.379 e. The smallest absolute Gasteiger partial charge is 0.251 e. The summed E-state index contributed by atoms with van der Waals surface area (Å²) >= 11 is 3.36. The second-order valence-corrected chi connectivity index (χ2v) is 5.29. The number of carbonyl (C=O) groups is 1. The zero-order valence-corrected chi connectivity index (χ0v) is 13.0. The second kappa shape index (κ2) is 6.52. The molecule has 5 heteroatoms. The van der Waals surface area contributed by atoms with Crippen LogP contribution in [0.4, 0.5) is 5.69 Å². The summed E-state index contributed by atoms with van der Waals surface area (Å²) in [7, 11) is 1.63. The predicted octanol–water partition coefficient (Wildman–Crippen LogP) is 3.12. The third-order valence-corrected chi connectivity index (χ3v) is 3.52. The molecule has 0 spiro atoms. The van der Waals surface area contributed by atoms with Crippen LogP contribution in [-0.4, -0.2) is 17.9 Å². The summed E-state index contributed by atoms with van der Waals surface area (Å²) in [4.78, 5) is 16.0. The first kappa shape index (κ1) is 14.5. The van der Waals surface area contributed by atoms with Crippen LogP contribution in [0.5, 0.6) is 0 Å². The van der Waals surface area contributed by atoms with Gasteiger partial charge in [-0.15, -0.1) is 0 Å². The number of carbonyl (C=O) groups excluding carboxylic acids is 1. The zero-order chi connectivity index (χ0) is 14.5. The summed E-state index contributed by atoms with van der Waals surface area (Å²) in [6.45, 7) is 2.55. The first-order valence-corrected chi connectivity index (χ1v) is 7.07. The van der Waals surface area contributed by atoms with E-state index in [1.807, 2.05) is 37.3 Å². The van der Waals surface area contributed by atoms with E-state index in [0.29, 0.717) is 12.1 Å². The lowest BCUT2D eigenvalue weighted by molar-refractivity contribution is 0.0962. The van der Waals surface area contributed by atoms with E-state index in [4.69, 9.17) is 0 Å². The van der Waals surface area contributed by atoms with E-state index in [1.54, 1.807) is 13.2 Å². The van der Waals surface area contributed by atoms with Crippen molar-refractivity contribution in [2.24, 2.45) is 0 Å². The number of pyridine rings is 1. The van der Waals surface area contributed by atoms with Crippen LogP contribution in [0.25, 0.3) is 0 Å². The highest BCUT2D eigenvalue weighted by molar-refractivity contribution is 9.10. The molecule has 2 aromatic rings. The van der Waals surface area contributed by atoms with Crippen LogP contribution in [0.15, 0.2) is 41.0 Å². The van der Waals surface area contributed by atoms with E-state index in [1.165, 1.54) is 0 Å². The van der Waals surface area contributed by atoms with Gasteiger partial charge in [0.25, 0.3) is 5.91 Å². The van der Waals surface area contributed by atoms with Crippen molar-refractivity contribution in [3.05, 3.63) is 57.8 Å². The third-order valence-electron chi connectivity index (χ3n) is 3.05. The van der Waals surface area contributed by atoms with Crippen LogP contribution in [-0.2, 0) is 6.54 Å². The lowest BCUT2D eigenvalue weighted by atomic mass is 10.1. The van der Waals surface area contributed by atoms with E-state index in [9.17, 15) is 4.79 Å². The van der Waals surface area contributed by atoms with E-state index in [0.717, 1.165) is 21.4 Å². The molecule has 2 N–H and O–H groups in total. The fourth-order valence-corrected chi connectivity index (χ4v) is 2.14. The molecule has 0 saturated carbocycles. The predicted molar refractivity (Wildman–Crippen MR) is 83.8 cm³/mol. The van der Waals surface area contributed by atoms with Crippen LogP contribution < -0.4 is 10.6 Å². The molecule has 1 amide bonds. The Hall–Kier alpha value is -1.88. The van der Waals surface area contributed by atoms with Gasteiger partial charge in [0.05, 0.1) is 12.2 Å². The normalized spacial score (nSPS) is 10.2. The van der Waals surface area contributed by atoms with Crippen LogP contribution in [0.3, 0.4) is 0 Å². The van der Waals surface area contributed by atoms with Gasteiger partial charge < -0.3 is 10.6 Å². The zero-order valence-electron chi connectivity index (χ0n) is 11.4. The maximum absolute atomic E-state index is 11.7. The average molecular weight is 334 g/mol. The van der Waals surface area contributed by atoms with Gasteiger partial charge >= 0.3 is 0 Å². The lowest BCUT2D eigenvalue weighted by Gasteiger charge is -2.12. The molecule has 1 aromatic heterocycles. The van der Waals surface area contributed by atoms with E-state index in [-0.39, 0.29) is 5.91 Å². The van der Waals surface area contributed by atoms with Crippen molar-refractivity contribution in [2.45, 2.75) is 13.5 Å². The number of hydrogen-bond acceptors (Lipinski definition) is 3. The van der Waals surface area contributed by atoms with Crippen molar-refractivity contribution in [3.8, 4) is 0 Å². The first-order chi connectivity index (χ1) is 9.61. The van der Waals surface area contributed by atoms with Gasteiger partial charge in [-0.1, -0.05) is 6.07 Å². The van der Waals surface area contributed by atoms with Gasteiger partial charge in [0.15, 0.2) is 0 Å². The number of nitrogens with zero attached hydrogens (tertiary/aromatic N) is 1. The fraction of sp³-hybridized carbons (Fsp3) is 0.200. The van der Waals surface area contributed by atoms with Gasteiger partial charge in [0.2, 0.25) is 0 Å². The Morgan fingerprint density at radius 3 is 2.75 bits per heavy atom. The molecule has 0 bridgehead atoms. The van der Waals surface area contributed by atoms with E-state index in [2.05, 4.69) is 31.5 Å². The Kier molecular flexibility index (Phi) is 4.74. The summed E-state index contributed by atoms with van der Waals surface area (Å²) < 4.78 is 0.957. The summed E-state index contributed by atoms with van der Waals surface area (Å²) in [6.07, 6.45) is 1.77. The maximum Gasteiger partial charge on any atom is 0.251 e. The topological polar surface area (TPSA) is 54.0 Å². The number of halogens is 1. The standard InChI is InChI=1S/C15H16BrN3O/c1-10-13(15(20)17-2)4-3-5-14(10)19-9-12-7-6-11(16)8-18-12/h3-8,19H,9H2,1-2H3,(H,17,20). The highest BCUT2D eigenvalue weighted by atomic mass is 79.9. The minimum absolute atomic E-state index is 0.0760. The van der Waals surface area contributed by atoms with Crippen LogP contribution in [0.1, 0.15) is 21.6 Å². The average Bonchev–Trinajstić information content (AvgIpc) is 2.47. The molecule has 0 aliphatic rings. The molecular formula is C15H16BrN3O. The molecule has 0 atom stereocenters. The molecule has 20 heavy (non-hydrogen) atoms. The third kappa shape index (κ3) is 3.36. The molecule has 1 aromatic carbocycles. The lowest BCUT2D eigenvalue weighted by Crippen LogP contribution is -2.19. The number of anilines is 1. The number of amides is 1. The molecule has 0 radical (unpaired) electrons. The molecular weight excluding hydrogens is 318 g/mol. The Morgan fingerprint density at radius 1 is 1.30 bits per heavy atom. The number of hydrogen-bond donors (Lipinski definition) is 2.